The lowest BCUT2D eigenvalue weighted by Gasteiger charge is -2.22. The molecule has 2 rings (SSSR count). The van der Waals surface area contributed by atoms with Gasteiger partial charge < -0.3 is 24.9 Å². The van der Waals surface area contributed by atoms with Crippen LogP contribution in [0.3, 0.4) is 0 Å². The number of nitrogens with one attached hydrogen (secondary N) is 2. The van der Waals surface area contributed by atoms with Crippen molar-refractivity contribution in [2.75, 3.05) is 20.2 Å². The third kappa shape index (κ3) is 6.97. The molecule has 0 amide bonds. The monoisotopic (exact) mass is 473 g/mol. The van der Waals surface area contributed by atoms with E-state index >= 15 is 0 Å². The number of hydrogen-bond donors (Lipinski definition) is 3. The normalized spacial score (nSPS) is 13.6. The summed E-state index contributed by atoms with van der Waals surface area (Å²) >= 11 is 0. The standard InChI is InChI=1S/C19H27N3O3.HI/c1-4-20-18(22-14-19(2,23)17-9-6-10-25-17)21-12-15-7-5-8-16(11-15)13-24-3;/h5-11,23H,4,12-14H2,1-3H3,(H2,20,21,22);1H. The summed E-state index contributed by atoms with van der Waals surface area (Å²) in [6.45, 7) is 5.85. The number of furan rings is 1. The van der Waals surface area contributed by atoms with Crippen LogP contribution in [0.1, 0.15) is 30.7 Å². The van der Waals surface area contributed by atoms with E-state index in [1.165, 1.54) is 0 Å². The van der Waals surface area contributed by atoms with E-state index < -0.39 is 5.60 Å². The number of rotatable bonds is 8. The molecular formula is C19H28IN3O3. The molecule has 7 heteroatoms. The Morgan fingerprint density at radius 3 is 2.65 bits per heavy atom. The zero-order valence-electron chi connectivity index (χ0n) is 15.5. The van der Waals surface area contributed by atoms with Gasteiger partial charge in [0, 0.05) is 13.7 Å². The average molecular weight is 473 g/mol. The molecular weight excluding hydrogens is 445 g/mol. The van der Waals surface area contributed by atoms with Gasteiger partial charge in [-0.2, -0.15) is 0 Å². The number of methoxy groups -OCH3 is 1. The molecule has 0 bridgehead atoms. The third-order valence-electron chi connectivity index (χ3n) is 3.72. The largest absolute Gasteiger partial charge is 0.466 e. The van der Waals surface area contributed by atoms with Gasteiger partial charge in [0.25, 0.3) is 0 Å². The van der Waals surface area contributed by atoms with E-state index in [4.69, 9.17) is 9.15 Å². The van der Waals surface area contributed by atoms with E-state index in [1.807, 2.05) is 25.1 Å². The highest BCUT2D eigenvalue weighted by atomic mass is 127. The molecule has 26 heavy (non-hydrogen) atoms. The molecule has 2 aromatic rings. The molecule has 6 nitrogen and oxygen atoms in total. The van der Waals surface area contributed by atoms with Crippen molar-refractivity contribution >= 4 is 29.9 Å². The van der Waals surface area contributed by atoms with Crippen LogP contribution in [-0.4, -0.2) is 31.3 Å². The first-order valence-electron chi connectivity index (χ1n) is 8.40. The Hall–Kier alpha value is -1.58. The average Bonchev–Trinajstić information content (AvgIpc) is 3.14. The van der Waals surface area contributed by atoms with Gasteiger partial charge in [-0.25, -0.2) is 4.99 Å². The lowest BCUT2D eigenvalue weighted by molar-refractivity contribution is 0.0386. The van der Waals surface area contributed by atoms with Crippen LogP contribution >= 0.6 is 24.0 Å². The Labute approximate surface area is 172 Å². The fraction of sp³-hybridized carbons (Fsp3) is 0.421. The predicted octanol–water partition coefficient (Wildman–Crippen LogP) is 3.01. The highest BCUT2D eigenvalue weighted by Crippen LogP contribution is 2.19. The van der Waals surface area contributed by atoms with Gasteiger partial charge in [0.2, 0.25) is 0 Å². The Kier molecular flexibility index (Phi) is 9.68. The second-order valence-electron chi connectivity index (χ2n) is 6.05. The van der Waals surface area contributed by atoms with Gasteiger partial charge in [0.05, 0.1) is 26.0 Å². The van der Waals surface area contributed by atoms with Crippen LogP contribution in [0.15, 0.2) is 52.1 Å². The molecule has 0 aliphatic heterocycles. The quantitative estimate of drug-likeness (QED) is 0.312. The number of halogens is 1. The van der Waals surface area contributed by atoms with Crippen LogP contribution in [0.2, 0.25) is 0 Å². The molecule has 0 aliphatic carbocycles. The molecule has 1 aromatic carbocycles. The van der Waals surface area contributed by atoms with Gasteiger partial charge in [-0.05, 0) is 37.1 Å². The van der Waals surface area contributed by atoms with E-state index in [0.717, 1.165) is 17.7 Å². The van der Waals surface area contributed by atoms with E-state index in [1.54, 1.807) is 32.4 Å². The summed E-state index contributed by atoms with van der Waals surface area (Å²) in [6.07, 6.45) is 1.55. The SMILES string of the molecule is CCNC(=NCc1cccc(COC)c1)NCC(C)(O)c1ccco1.I. The van der Waals surface area contributed by atoms with E-state index in [0.29, 0.717) is 24.9 Å². The topological polar surface area (TPSA) is 79.0 Å². The Morgan fingerprint density at radius 1 is 1.23 bits per heavy atom. The van der Waals surface area contributed by atoms with Crippen LogP contribution in [0, 0.1) is 0 Å². The van der Waals surface area contributed by atoms with Crippen LogP contribution in [0.25, 0.3) is 0 Å². The zero-order chi connectivity index (χ0) is 18.1. The first-order valence-corrected chi connectivity index (χ1v) is 8.40. The van der Waals surface area contributed by atoms with Gasteiger partial charge in [0.1, 0.15) is 11.4 Å². The molecule has 0 saturated heterocycles. The fourth-order valence-corrected chi connectivity index (χ4v) is 2.42. The van der Waals surface area contributed by atoms with Gasteiger partial charge >= 0.3 is 0 Å². The minimum absolute atomic E-state index is 0. The van der Waals surface area contributed by atoms with Crippen LogP contribution in [0.4, 0.5) is 0 Å². The van der Waals surface area contributed by atoms with Crippen molar-refractivity contribution in [3.8, 4) is 0 Å². The molecule has 0 aliphatic rings. The molecule has 3 N–H and O–H groups in total. The lowest BCUT2D eigenvalue weighted by atomic mass is 10.0. The molecule has 1 heterocycles. The molecule has 1 atom stereocenters. The second kappa shape index (κ2) is 11.2. The van der Waals surface area contributed by atoms with Crippen molar-refractivity contribution in [3.63, 3.8) is 0 Å². The van der Waals surface area contributed by atoms with Crippen molar-refractivity contribution < 1.29 is 14.3 Å². The van der Waals surface area contributed by atoms with Crippen molar-refractivity contribution in [2.45, 2.75) is 32.6 Å². The number of aliphatic imine (C=N–C) groups is 1. The van der Waals surface area contributed by atoms with Gasteiger partial charge in [-0.15, -0.1) is 24.0 Å². The maximum absolute atomic E-state index is 10.5. The Balaban J connectivity index is 0.00000338. The van der Waals surface area contributed by atoms with Gasteiger partial charge in [0.15, 0.2) is 5.96 Å². The number of guanidine groups is 1. The van der Waals surface area contributed by atoms with Crippen LogP contribution < -0.4 is 10.6 Å². The minimum atomic E-state index is -1.11. The van der Waals surface area contributed by atoms with Gasteiger partial charge in [-0.1, -0.05) is 24.3 Å². The summed E-state index contributed by atoms with van der Waals surface area (Å²) in [5, 5.41) is 16.9. The zero-order valence-corrected chi connectivity index (χ0v) is 17.8. The molecule has 144 valence electrons. The van der Waals surface area contributed by atoms with Crippen molar-refractivity contribution in [2.24, 2.45) is 4.99 Å². The maximum atomic E-state index is 10.5. The van der Waals surface area contributed by atoms with Crippen molar-refractivity contribution in [1.82, 2.24) is 10.6 Å². The number of hydrogen-bond acceptors (Lipinski definition) is 4. The maximum Gasteiger partial charge on any atom is 0.191 e. The van der Waals surface area contributed by atoms with E-state index in [2.05, 4.69) is 21.7 Å². The summed E-state index contributed by atoms with van der Waals surface area (Å²) in [5.74, 6) is 1.16. The number of ether oxygens (including phenoxy) is 1. The predicted molar refractivity (Wildman–Crippen MR) is 114 cm³/mol. The summed E-state index contributed by atoms with van der Waals surface area (Å²) in [6, 6.07) is 11.7. The summed E-state index contributed by atoms with van der Waals surface area (Å²) in [5.41, 5.74) is 1.11. The third-order valence-corrected chi connectivity index (χ3v) is 3.72. The second-order valence-corrected chi connectivity index (χ2v) is 6.05. The first-order chi connectivity index (χ1) is 12.0. The molecule has 1 unspecified atom stereocenters. The lowest BCUT2D eigenvalue weighted by Crippen LogP contribution is -2.44. The number of benzene rings is 1. The Bertz CT molecular complexity index is 672. The van der Waals surface area contributed by atoms with Crippen LogP contribution in [-0.2, 0) is 23.5 Å². The highest BCUT2D eigenvalue weighted by molar-refractivity contribution is 14.0. The minimum Gasteiger partial charge on any atom is -0.466 e. The Morgan fingerprint density at radius 2 is 2.00 bits per heavy atom. The fourth-order valence-electron chi connectivity index (χ4n) is 2.42. The first kappa shape index (κ1) is 22.5. The molecule has 1 aromatic heterocycles. The van der Waals surface area contributed by atoms with Gasteiger partial charge in [-0.3, -0.25) is 0 Å². The number of nitrogens with zero attached hydrogens (tertiary/aromatic N) is 1. The molecule has 0 spiro atoms. The molecule has 0 saturated carbocycles. The van der Waals surface area contributed by atoms with Crippen molar-refractivity contribution in [1.29, 1.82) is 0 Å². The molecule has 0 radical (unpaired) electrons. The van der Waals surface area contributed by atoms with E-state index in [9.17, 15) is 5.11 Å². The number of aliphatic hydroxyl groups is 1. The molecule has 0 fully saturated rings. The smallest absolute Gasteiger partial charge is 0.191 e. The summed E-state index contributed by atoms with van der Waals surface area (Å²) in [4.78, 5) is 4.58. The van der Waals surface area contributed by atoms with Crippen LogP contribution in [0.5, 0.6) is 0 Å². The summed E-state index contributed by atoms with van der Waals surface area (Å²) in [7, 11) is 1.68. The summed E-state index contributed by atoms with van der Waals surface area (Å²) < 4.78 is 10.5. The van der Waals surface area contributed by atoms with Crippen molar-refractivity contribution in [3.05, 3.63) is 59.5 Å². The highest BCUT2D eigenvalue weighted by Gasteiger charge is 2.26. The van der Waals surface area contributed by atoms with E-state index in [-0.39, 0.29) is 30.5 Å².